The highest BCUT2D eigenvalue weighted by Crippen LogP contribution is 2.25. The molecule has 2 unspecified atom stereocenters. The lowest BCUT2D eigenvalue weighted by Crippen LogP contribution is -2.30. The molecule has 1 fully saturated rings. The van der Waals surface area contributed by atoms with Gasteiger partial charge >= 0.3 is 0 Å². The molecule has 0 heterocycles. The van der Waals surface area contributed by atoms with Gasteiger partial charge in [0.1, 0.15) is 5.82 Å². The Labute approximate surface area is 123 Å². The van der Waals surface area contributed by atoms with Crippen molar-refractivity contribution in [1.82, 2.24) is 5.32 Å². The molecule has 20 heavy (non-hydrogen) atoms. The van der Waals surface area contributed by atoms with E-state index in [9.17, 15) is 4.39 Å². The van der Waals surface area contributed by atoms with Gasteiger partial charge in [0.25, 0.3) is 0 Å². The summed E-state index contributed by atoms with van der Waals surface area (Å²) in [6.45, 7) is 5.32. The van der Waals surface area contributed by atoms with Crippen LogP contribution >= 0.6 is 0 Å². The zero-order chi connectivity index (χ0) is 14.4. The van der Waals surface area contributed by atoms with Crippen LogP contribution in [0.2, 0.25) is 0 Å². The fraction of sp³-hybridized carbons (Fsp3) is 0.667. The van der Waals surface area contributed by atoms with Crippen LogP contribution in [0.15, 0.2) is 18.2 Å². The van der Waals surface area contributed by atoms with E-state index in [4.69, 9.17) is 0 Å². The quantitative estimate of drug-likeness (QED) is 0.774. The summed E-state index contributed by atoms with van der Waals surface area (Å²) >= 11 is 0. The molecule has 2 heteroatoms. The van der Waals surface area contributed by atoms with Crippen LogP contribution in [0.3, 0.4) is 0 Å². The largest absolute Gasteiger partial charge is 0.314 e. The number of aryl methyl sites for hydroxylation is 1. The van der Waals surface area contributed by atoms with Gasteiger partial charge < -0.3 is 5.32 Å². The third-order valence-corrected chi connectivity index (χ3v) is 4.80. The minimum Gasteiger partial charge on any atom is -0.314 e. The lowest BCUT2D eigenvalue weighted by atomic mass is 9.98. The van der Waals surface area contributed by atoms with Crippen molar-refractivity contribution in [2.75, 3.05) is 6.54 Å². The van der Waals surface area contributed by atoms with Gasteiger partial charge in [-0.2, -0.15) is 0 Å². The topological polar surface area (TPSA) is 12.0 Å². The van der Waals surface area contributed by atoms with E-state index in [-0.39, 0.29) is 5.82 Å². The van der Waals surface area contributed by atoms with Crippen molar-refractivity contribution in [1.29, 1.82) is 0 Å². The van der Waals surface area contributed by atoms with Gasteiger partial charge in [-0.25, -0.2) is 4.39 Å². The molecule has 0 spiro atoms. The second-order valence-corrected chi connectivity index (χ2v) is 6.25. The molecule has 0 saturated heterocycles. The monoisotopic (exact) mass is 277 g/mol. The van der Waals surface area contributed by atoms with E-state index in [1.54, 1.807) is 12.1 Å². The Bertz CT molecular complexity index is 416. The molecule has 0 aromatic heterocycles. The number of benzene rings is 1. The third kappa shape index (κ3) is 4.59. The fourth-order valence-corrected chi connectivity index (χ4v) is 3.34. The molecule has 0 radical (unpaired) electrons. The first-order valence-corrected chi connectivity index (χ1v) is 8.17. The normalized spacial score (nSPS) is 23.6. The number of rotatable bonds is 5. The van der Waals surface area contributed by atoms with Gasteiger partial charge in [-0.1, -0.05) is 32.3 Å². The van der Waals surface area contributed by atoms with Gasteiger partial charge in [-0.15, -0.1) is 0 Å². The van der Waals surface area contributed by atoms with Crippen molar-refractivity contribution in [3.63, 3.8) is 0 Å². The van der Waals surface area contributed by atoms with E-state index >= 15 is 0 Å². The molecule has 1 nitrogen and oxygen atoms in total. The SMILES string of the molecule is CCC1CCCC(NCCc2ccc(F)cc2C)CC1. The first-order valence-electron chi connectivity index (χ1n) is 8.17. The molecule has 1 aromatic carbocycles. The Morgan fingerprint density at radius 2 is 2.05 bits per heavy atom. The van der Waals surface area contributed by atoms with Gasteiger partial charge in [0.2, 0.25) is 0 Å². The van der Waals surface area contributed by atoms with Crippen LogP contribution in [0.25, 0.3) is 0 Å². The summed E-state index contributed by atoms with van der Waals surface area (Å²) in [6.07, 6.45) is 9.13. The molecular formula is C18H28FN. The Morgan fingerprint density at radius 3 is 2.80 bits per heavy atom. The van der Waals surface area contributed by atoms with Crippen LogP contribution in [0.5, 0.6) is 0 Å². The van der Waals surface area contributed by atoms with Crippen molar-refractivity contribution >= 4 is 0 Å². The third-order valence-electron chi connectivity index (χ3n) is 4.80. The first kappa shape index (κ1) is 15.5. The van der Waals surface area contributed by atoms with E-state index in [1.807, 2.05) is 13.0 Å². The van der Waals surface area contributed by atoms with Gasteiger partial charge in [-0.05, 0) is 68.3 Å². The van der Waals surface area contributed by atoms with Gasteiger partial charge in [0.15, 0.2) is 0 Å². The molecule has 0 aliphatic heterocycles. The summed E-state index contributed by atoms with van der Waals surface area (Å²) in [5.41, 5.74) is 2.33. The highest BCUT2D eigenvalue weighted by Gasteiger charge is 2.17. The fourth-order valence-electron chi connectivity index (χ4n) is 3.34. The maximum atomic E-state index is 13.1. The summed E-state index contributed by atoms with van der Waals surface area (Å²) in [6, 6.07) is 5.81. The first-order chi connectivity index (χ1) is 9.69. The summed E-state index contributed by atoms with van der Waals surface area (Å²) in [7, 11) is 0. The van der Waals surface area contributed by atoms with Crippen molar-refractivity contribution in [2.45, 2.75) is 64.8 Å². The zero-order valence-corrected chi connectivity index (χ0v) is 12.9. The van der Waals surface area contributed by atoms with Crippen LogP contribution in [0.1, 0.15) is 56.6 Å². The number of halogens is 1. The molecule has 1 aromatic rings. The lowest BCUT2D eigenvalue weighted by molar-refractivity contribution is 0.427. The van der Waals surface area contributed by atoms with E-state index in [2.05, 4.69) is 12.2 Å². The molecular weight excluding hydrogens is 249 g/mol. The Balaban J connectivity index is 1.75. The number of hydrogen-bond donors (Lipinski definition) is 1. The van der Waals surface area contributed by atoms with Crippen molar-refractivity contribution in [3.8, 4) is 0 Å². The van der Waals surface area contributed by atoms with Crippen molar-refractivity contribution < 1.29 is 4.39 Å². The lowest BCUT2D eigenvalue weighted by Gasteiger charge is -2.17. The molecule has 0 bridgehead atoms. The van der Waals surface area contributed by atoms with Crippen LogP contribution in [0.4, 0.5) is 4.39 Å². The Morgan fingerprint density at radius 1 is 1.20 bits per heavy atom. The molecule has 2 rings (SSSR count). The molecule has 1 aliphatic carbocycles. The number of hydrogen-bond acceptors (Lipinski definition) is 1. The second-order valence-electron chi connectivity index (χ2n) is 6.25. The molecule has 112 valence electrons. The summed E-state index contributed by atoms with van der Waals surface area (Å²) < 4.78 is 13.1. The van der Waals surface area contributed by atoms with E-state index in [1.165, 1.54) is 44.1 Å². The number of nitrogens with one attached hydrogen (secondary N) is 1. The molecule has 1 N–H and O–H groups in total. The van der Waals surface area contributed by atoms with E-state index in [0.29, 0.717) is 6.04 Å². The predicted octanol–water partition coefficient (Wildman–Crippen LogP) is 4.63. The van der Waals surface area contributed by atoms with Crippen molar-refractivity contribution in [2.24, 2.45) is 5.92 Å². The highest BCUT2D eigenvalue weighted by atomic mass is 19.1. The minimum absolute atomic E-state index is 0.131. The Kier molecular flexibility index (Phi) is 6.03. The maximum Gasteiger partial charge on any atom is 0.123 e. The second kappa shape index (κ2) is 7.78. The van der Waals surface area contributed by atoms with E-state index < -0.39 is 0 Å². The van der Waals surface area contributed by atoms with E-state index in [0.717, 1.165) is 24.4 Å². The van der Waals surface area contributed by atoms with Gasteiger partial charge in [0.05, 0.1) is 0 Å². The predicted molar refractivity (Wildman–Crippen MR) is 83.5 cm³/mol. The Hall–Kier alpha value is -0.890. The molecule has 1 saturated carbocycles. The highest BCUT2D eigenvalue weighted by molar-refractivity contribution is 5.26. The molecule has 2 atom stereocenters. The van der Waals surface area contributed by atoms with Crippen LogP contribution < -0.4 is 5.32 Å². The van der Waals surface area contributed by atoms with Crippen molar-refractivity contribution in [3.05, 3.63) is 35.1 Å². The molecule has 0 amide bonds. The van der Waals surface area contributed by atoms with Crippen LogP contribution in [-0.2, 0) is 6.42 Å². The van der Waals surface area contributed by atoms with Crippen LogP contribution in [-0.4, -0.2) is 12.6 Å². The zero-order valence-electron chi connectivity index (χ0n) is 12.9. The van der Waals surface area contributed by atoms with Gasteiger partial charge in [-0.3, -0.25) is 0 Å². The average molecular weight is 277 g/mol. The average Bonchev–Trinajstić information content (AvgIpc) is 2.66. The standard InChI is InChI=1S/C18H28FN/c1-3-15-5-4-6-18(10-7-15)20-12-11-16-8-9-17(19)13-14(16)2/h8-9,13,15,18,20H,3-7,10-12H2,1-2H3. The smallest absolute Gasteiger partial charge is 0.123 e. The maximum absolute atomic E-state index is 13.1. The summed E-state index contributed by atoms with van der Waals surface area (Å²) in [5.74, 6) is 0.815. The molecule has 1 aliphatic rings. The minimum atomic E-state index is -0.131. The summed E-state index contributed by atoms with van der Waals surface area (Å²) in [5, 5.41) is 3.70. The van der Waals surface area contributed by atoms with Gasteiger partial charge in [0, 0.05) is 6.04 Å². The summed E-state index contributed by atoms with van der Waals surface area (Å²) in [4.78, 5) is 0. The van der Waals surface area contributed by atoms with Crippen LogP contribution in [0, 0.1) is 18.7 Å².